The highest BCUT2D eigenvalue weighted by molar-refractivity contribution is 7.99. The van der Waals surface area contributed by atoms with Crippen molar-refractivity contribution in [3.05, 3.63) is 144 Å². The van der Waals surface area contributed by atoms with Crippen LogP contribution >= 0.6 is 11.8 Å². The summed E-state index contributed by atoms with van der Waals surface area (Å²) in [5, 5.41) is 25.3. The molecule has 1 fully saturated rings. The number of ether oxygens (including phenoxy) is 3. The van der Waals surface area contributed by atoms with Crippen LogP contribution in [0.2, 0.25) is 0 Å². The highest BCUT2D eigenvalue weighted by atomic mass is 32.2. The van der Waals surface area contributed by atoms with E-state index in [0.29, 0.717) is 27.9 Å². The van der Waals surface area contributed by atoms with E-state index in [1.807, 2.05) is 73.7 Å². The summed E-state index contributed by atoms with van der Waals surface area (Å²) in [6.45, 7) is 1.98. The molecule has 1 aliphatic heterocycles. The van der Waals surface area contributed by atoms with Gasteiger partial charge in [-0.3, -0.25) is 0 Å². The third kappa shape index (κ3) is 8.64. The minimum absolute atomic E-state index is 0.0588. The van der Waals surface area contributed by atoms with E-state index in [2.05, 4.69) is 15.6 Å². The minimum Gasteiger partial charge on any atom is -0.478 e. The number of benzene rings is 4. The Morgan fingerprint density at radius 3 is 2.08 bits per heavy atom. The maximum atomic E-state index is 12.8. The Hall–Kier alpha value is -5.20. The van der Waals surface area contributed by atoms with Gasteiger partial charge in [-0.2, -0.15) is 0 Å². The monoisotopic (exact) mass is 677 g/mol. The number of amides is 2. The van der Waals surface area contributed by atoms with Crippen molar-refractivity contribution in [3.63, 3.8) is 0 Å². The lowest BCUT2D eigenvalue weighted by Crippen LogP contribution is -2.38. The van der Waals surface area contributed by atoms with Crippen LogP contribution in [0.15, 0.2) is 126 Å². The van der Waals surface area contributed by atoms with Gasteiger partial charge < -0.3 is 35.1 Å². The number of aliphatic hydroxyl groups is 1. The van der Waals surface area contributed by atoms with E-state index in [-0.39, 0.29) is 30.3 Å². The van der Waals surface area contributed by atoms with Gasteiger partial charge in [0, 0.05) is 34.8 Å². The first kappa shape index (κ1) is 33.7. The number of nitrogens with one attached hydrogen (secondary N) is 2. The number of para-hydroxylation sites is 1. The topological polar surface area (TPSA) is 139 Å². The van der Waals surface area contributed by atoms with Gasteiger partial charge in [-0.05, 0) is 71.8 Å². The van der Waals surface area contributed by atoms with Crippen molar-refractivity contribution in [2.75, 3.05) is 16.4 Å². The number of carboxylic acids is 1. The number of carbonyl (C=O) groups is 2. The number of urea groups is 1. The number of nitrogens with zero attached hydrogens (tertiary/aromatic N) is 1. The standard InChI is InChI=1S/C38H35N3O7S/c1-24-33(23-49-35-32(36(43)44)8-5-21-39-35)47-37(48-34(24)26-11-9-25(22-42)10-12-26)27-13-15-28(16-14-27)40-38(45)41-29-17-19-31(20-18-29)46-30-6-3-2-4-7-30/h2-21,24,33-34,37,42H,22-23H2,1H3,(H,43,44)(H2,40,41,45)/t24-,33+,34+,37+/m1/s1. The summed E-state index contributed by atoms with van der Waals surface area (Å²) < 4.78 is 18.8. The van der Waals surface area contributed by atoms with Crippen LogP contribution in [0.4, 0.5) is 16.2 Å². The van der Waals surface area contributed by atoms with Crippen LogP contribution in [0, 0.1) is 5.92 Å². The highest BCUT2D eigenvalue weighted by Crippen LogP contribution is 2.43. The number of aromatic nitrogens is 1. The first-order valence-electron chi connectivity index (χ1n) is 15.7. The molecule has 49 heavy (non-hydrogen) atoms. The van der Waals surface area contributed by atoms with E-state index < -0.39 is 18.3 Å². The number of pyridine rings is 1. The third-order valence-corrected chi connectivity index (χ3v) is 9.14. The van der Waals surface area contributed by atoms with Gasteiger partial charge in [0.15, 0.2) is 6.29 Å². The molecule has 2 amide bonds. The van der Waals surface area contributed by atoms with Crippen LogP contribution in [0.25, 0.3) is 0 Å². The van der Waals surface area contributed by atoms with Gasteiger partial charge in [-0.25, -0.2) is 14.6 Å². The normalized spacial score (nSPS) is 18.7. The molecule has 0 radical (unpaired) electrons. The van der Waals surface area contributed by atoms with Crippen LogP contribution in [0.1, 0.15) is 46.4 Å². The van der Waals surface area contributed by atoms with E-state index in [1.165, 1.54) is 17.8 Å². The predicted octanol–water partition coefficient (Wildman–Crippen LogP) is 8.29. The number of rotatable bonds is 11. The molecule has 4 N–H and O–H groups in total. The quantitative estimate of drug-likeness (QED) is 0.102. The zero-order valence-corrected chi connectivity index (χ0v) is 27.4. The Balaban J connectivity index is 1.12. The van der Waals surface area contributed by atoms with Gasteiger partial charge in [0.25, 0.3) is 0 Å². The Labute approximate surface area is 288 Å². The third-order valence-electron chi connectivity index (χ3n) is 8.04. The van der Waals surface area contributed by atoms with Crippen molar-refractivity contribution in [1.29, 1.82) is 0 Å². The van der Waals surface area contributed by atoms with Crippen molar-refractivity contribution in [3.8, 4) is 11.5 Å². The lowest BCUT2D eigenvalue weighted by molar-refractivity contribution is -0.268. The number of carboxylic acid groups (broad SMARTS) is 1. The predicted molar refractivity (Wildman–Crippen MR) is 187 cm³/mol. The van der Waals surface area contributed by atoms with Gasteiger partial charge in [0.05, 0.1) is 24.4 Å². The van der Waals surface area contributed by atoms with Crippen LogP contribution in [0.5, 0.6) is 11.5 Å². The summed E-state index contributed by atoms with van der Waals surface area (Å²) in [6.07, 6.45) is 0.188. The first-order chi connectivity index (χ1) is 23.9. The molecule has 6 rings (SSSR count). The molecule has 1 saturated heterocycles. The second-order valence-corrected chi connectivity index (χ2v) is 12.4. The number of aliphatic hydroxyl groups excluding tert-OH is 1. The number of carbonyl (C=O) groups excluding carboxylic acids is 1. The summed E-state index contributed by atoms with van der Waals surface area (Å²) in [6, 6.07) is 34.1. The molecule has 11 heteroatoms. The van der Waals surface area contributed by atoms with Crippen molar-refractivity contribution in [2.45, 2.75) is 37.1 Å². The maximum Gasteiger partial charge on any atom is 0.338 e. The fourth-order valence-corrected chi connectivity index (χ4v) is 6.54. The molecule has 10 nitrogen and oxygen atoms in total. The van der Waals surface area contributed by atoms with Gasteiger partial charge in [0.1, 0.15) is 16.5 Å². The fraction of sp³-hybridized carbons (Fsp3) is 0.184. The van der Waals surface area contributed by atoms with E-state index in [9.17, 15) is 19.8 Å². The largest absolute Gasteiger partial charge is 0.478 e. The number of thioether (sulfide) groups is 1. The zero-order chi connectivity index (χ0) is 34.2. The van der Waals surface area contributed by atoms with Gasteiger partial charge in [0.2, 0.25) is 0 Å². The molecule has 2 heterocycles. The summed E-state index contributed by atoms with van der Waals surface area (Å²) in [5.41, 5.74) is 3.81. The molecule has 0 aliphatic carbocycles. The molecular formula is C38H35N3O7S. The number of hydrogen-bond acceptors (Lipinski definition) is 8. The Morgan fingerprint density at radius 2 is 1.43 bits per heavy atom. The van der Waals surface area contributed by atoms with Crippen molar-refractivity contribution < 1.29 is 34.0 Å². The molecular weight excluding hydrogens is 642 g/mol. The van der Waals surface area contributed by atoms with Gasteiger partial charge in [-0.1, -0.05) is 61.5 Å². The molecule has 0 saturated carbocycles. The molecule has 0 spiro atoms. The Bertz CT molecular complexity index is 1860. The van der Waals surface area contributed by atoms with Crippen molar-refractivity contribution >= 4 is 35.1 Å². The molecule has 4 aromatic carbocycles. The fourth-order valence-electron chi connectivity index (χ4n) is 5.39. The van der Waals surface area contributed by atoms with E-state index >= 15 is 0 Å². The summed E-state index contributed by atoms with van der Waals surface area (Å²) in [5.74, 6) is 0.696. The number of aromatic carboxylic acids is 1. The molecule has 4 atom stereocenters. The van der Waals surface area contributed by atoms with Gasteiger partial charge in [-0.15, -0.1) is 11.8 Å². The lowest BCUT2D eigenvalue weighted by atomic mass is 9.91. The van der Waals surface area contributed by atoms with Crippen LogP contribution in [-0.2, 0) is 16.1 Å². The lowest BCUT2D eigenvalue weighted by Gasteiger charge is -2.41. The van der Waals surface area contributed by atoms with Crippen molar-refractivity contribution in [1.82, 2.24) is 4.98 Å². The van der Waals surface area contributed by atoms with E-state index in [1.54, 1.807) is 48.7 Å². The smallest absolute Gasteiger partial charge is 0.338 e. The van der Waals surface area contributed by atoms with Crippen LogP contribution < -0.4 is 15.4 Å². The maximum absolute atomic E-state index is 12.8. The molecule has 250 valence electrons. The van der Waals surface area contributed by atoms with Gasteiger partial charge >= 0.3 is 12.0 Å². The molecule has 1 aliphatic rings. The molecule has 0 bridgehead atoms. The zero-order valence-electron chi connectivity index (χ0n) is 26.6. The van der Waals surface area contributed by atoms with Crippen LogP contribution in [-0.4, -0.2) is 39.1 Å². The molecule has 5 aromatic rings. The van der Waals surface area contributed by atoms with Crippen LogP contribution in [0.3, 0.4) is 0 Å². The average molecular weight is 678 g/mol. The second-order valence-electron chi connectivity index (χ2n) is 11.4. The average Bonchev–Trinajstić information content (AvgIpc) is 3.13. The number of hydrogen-bond donors (Lipinski definition) is 4. The summed E-state index contributed by atoms with van der Waals surface area (Å²) in [7, 11) is 0. The molecule has 0 unspecified atom stereocenters. The van der Waals surface area contributed by atoms with E-state index in [4.69, 9.17) is 14.2 Å². The molecule has 1 aromatic heterocycles. The van der Waals surface area contributed by atoms with E-state index in [0.717, 1.165) is 22.4 Å². The highest BCUT2D eigenvalue weighted by Gasteiger charge is 2.38. The summed E-state index contributed by atoms with van der Waals surface area (Å²) >= 11 is 1.33. The number of anilines is 2. The Morgan fingerprint density at radius 1 is 0.796 bits per heavy atom. The first-order valence-corrected chi connectivity index (χ1v) is 16.7. The van der Waals surface area contributed by atoms with Crippen molar-refractivity contribution in [2.24, 2.45) is 5.92 Å². The summed E-state index contributed by atoms with van der Waals surface area (Å²) in [4.78, 5) is 28.8. The Kier molecular flexibility index (Phi) is 10.9. The second kappa shape index (κ2) is 15.8. The minimum atomic E-state index is -1.04. The SMILES string of the molecule is C[C@@H]1[C@H](CSc2ncccc2C(=O)O)O[C@H](c2ccc(NC(=O)Nc3ccc(Oc4ccccc4)cc3)cc2)O[C@@H]1c1ccc(CO)cc1.